The molecule has 0 aromatic carbocycles. The third kappa shape index (κ3) is 5.08. The summed E-state index contributed by atoms with van der Waals surface area (Å²) in [6.45, 7) is 7.41. The number of rotatable bonds is 8. The number of aryl methyl sites for hydroxylation is 2. The van der Waals surface area contributed by atoms with Gasteiger partial charge in [0.1, 0.15) is 11.8 Å². The number of nitrogens with zero attached hydrogens (tertiary/aromatic N) is 1. The molecule has 0 aliphatic rings. The molecule has 0 spiro atoms. The van der Waals surface area contributed by atoms with Crippen molar-refractivity contribution in [2.45, 2.75) is 45.9 Å². The van der Waals surface area contributed by atoms with Crippen molar-refractivity contribution in [1.82, 2.24) is 10.5 Å². The van der Waals surface area contributed by atoms with Crippen LogP contribution in [0.15, 0.2) is 4.52 Å². The Morgan fingerprint density at radius 3 is 2.57 bits per heavy atom. The van der Waals surface area contributed by atoms with Gasteiger partial charge in [-0.2, -0.15) is 0 Å². The summed E-state index contributed by atoms with van der Waals surface area (Å²) in [7, 11) is 0. The number of aromatic nitrogens is 1. The van der Waals surface area contributed by atoms with E-state index in [4.69, 9.17) is 9.63 Å². The van der Waals surface area contributed by atoms with E-state index in [2.05, 4.69) is 10.5 Å². The minimum Gasteiger partial charge on any atom is -0.480 e. The van der Waals surface area contributed by atoms with Gasteiger partial charge in [0.15, 0.2) is 0 Å². The van der Waals surface area contributed by atoms with Gasteiger partial charge in [0.25, 0.3) is 0 Å². The fraction of sp³-hybridized carbons (Fsp3) is 0.643. The molecule has 2 atom stereocenters. The molecule has 7 heteroatoms. The molecule has 0 saturated carbocycles. The van der Waals surface area contributed by atoms with Gasteiger partial charge in [-0.05, 0) is 19.8 Å². The highest BCUT2D eigenvalue weighted by molar-refractivity contribution is 7.99. The van der Waals surface area contributed by atoms with E-state index >= 15 is 0 Å². The summed E-state index contributed by atoms with van der Waals surface area (Å²) in [5.41, 5.74) is 1.81. The van der Waals surface area contributed by atoms with Crippen molar-refractivity contribution in [3.8, 4) is 0 Å². The molecule has 0 fully saturated rings. The lowest BCUT2D eigenvalue weighted by Gasteiger charge is -2.19. The van der Waals surface area contributed by atoms with Crippen molar-refractivity contribution in [3.63, 3.8) is 0 Å². The fourth-order valence-electron chi connectivity index (χ4n) is 1.85. The number of carboxylic acids is 1. The molecule has 0 saturated heterocycles. The zero-order chi connectivity index (χ0) is 16.0. The second-order valence-electron chi connectivity index (χ2n) is 5.06. The first kappa shape index (κ1) is 17.6. The van der Waals surface area contributed by atoms with E-state index in [1.54, 1.807) is 0 Å². The van der Waals surface area contributed by atoms with E-state index in [1.807, 2.05) is 27.7 Å². The van der Waals surface area contributed by atoms with Crippen LogP contribution in [-0.4, -0.2) is 33.9 Å². The van der Waals surface area contributed by atoms with Crippen LogP contribution >= 0.6 is 11.8 Å². The van der Waals surface area contributed by atoms with Crippen LogP contribution in [0.1, 0.15) is 37.3 Å². The second-order valence-corrected chi connectivity index (χ2v) is 6.05. The van der Waals surface area contributed by atoms with Gasteiger partial charge in [-0.3, -0.25) is 4.79 Å². The van der Waals surface area contributed by atoms with Crippen LogP contribution in [-0.2, 0) is 15.3 Å². The first-order valence-corrected chi connectivity index (χ1v) is 8.03. The predicted molar refractivity (Wildman–Crippen MR) is 81.2 cm³/mol. The van der Waals surface area contributed by atoms with E-state index in [1.165, 1.54) is 11.8 Å². The lowest BCUT2D eigenvalue weighted by molar-refractivity contribution is -0.143. The maximum atomic E-state index is 11.8. The highest BCUT2D eigenvalue weighted by atomic mass is 32.2. The summed E-state index contributed by atoms with van der Waals surface area (Å²) in [5.74, 6) is 0.232. The zero-order valence-electron chi connectivity index (χ0n) is 12.8. The second kappa shape index (κ2) is 8.07. The summed E-state index contributed by atoms with van der Waals surface area (Å²) < 4.78 is 5.05. The molecule has 2 N–H and O–H groups in total. The van der Waals surface area contributed by atoms with E-state index in [0.717, 1.165) is 17.0 Å². The Balaban J connectivity index is 2.45. The van der Waals surface area contributed by atoms with Gasteiger partial charge in [-0.1, -0.05) is 25.4 Å². The first-order valence-electron chi connectivity index (χ1n) is 6.88. The van der Waals surface area contributed by atoms with Crippen molar-refractivity contribution in [2.24, 2.45) is 5.92 Å². The minimum absolute atomic E-state index is 0.0981. The molecule has 0 unspecified atom stereocenters. The molecular formula is C14H22N2O4S. The van der Waals surface area contributed by atoms with Gasteiger partial charge in [0.05, 0.1) is 11.4 Å². The van der Waals surface area contributed by atoms with Crippen LogP contribution < -0.4 is 5.32 Å². The third-order valence-corrected chi connectivity index (χ3v) is 4.42. The minimum atomic E-state index is -0.992. The average Bonchev–Trinajstić information content (AvgIpc) is 2.75. The van der Waals surface area contributed by atoms with Crippen molar-refractivity contribution in [3.05, 3.63) is 17.0 Å². The Morgan fingerprint density at radius 2 is 2.10 bits per heavy atom. The largest absolute Gasteiger partial charge is 0.480 e. The smallest absolute Gasteiger partial charge is 0.326 e. The van der Waals surface area contributed by atoms with Crippen LogP contribution in [0, 0.1) is 19.8 Å². The van der Waals surface area contributed by atoms with Crippen LogP contribution in [0.25, 0.3) is 0 Å². The molecule has 0 aliphatic carbocycles. The molecule has 1 amide bonds. The first-order chi connectivity index (χ1) is 9.86. The van der Waals surface area contributed by atoms with Gasteiger partial charge in [0.2, 0.25) is 5.91 Å². The number of aliphatic carboxylic acids is 1. The van der Waals surface area contributed by atoms with Gasteiger partial charge in [0, 0.05) is 11.3 Å². The molecule has 1 rings (SSSR count). The standard InChI is InChI=1S/C14H22N2O4S/c1-5-8(2)13(14(18)19)15-12(17)7-21-6-11-9(3)16-20-10(11)4/h8,13H,5-7H2,1-4H3,(H,15,17)(H,18,19)/t8-,13-/m0/s1. The van der Waals surface area contributed by atoms with Crippen LogP contribution in [0.4, 0.5) is 0 Å². The molecule has 1 aromatic rings. The van der Waals surface area contributed by atoms with Gasteiger partial charge in [-0.15, -0.1) is 11.8 Å². The normalized spacial score (nSPS) is 13.7. The number of amides is 1. The van der Waals surface area contributed by atoms with Gasteiger partial charge < -0.3 is 14.9 Å². The van der Waals surface area contributed by atoms with Crippen molar-refractivity contribution >= 4 is 23.6 Å². The summed E-state index contributed by atoms with van der Waals surface area (Å²) in [4.78, 5) is 23.0. The number of nitrogens with one attached hydrogen (secondary N) is 1. The summed E-state index contributed by atoms with van der Waals surface area (Å²) in [5, 5.41) is 15.6. The molecule has 0 aliphatic heterocycles. The molecule has 1 aromatic heterocycles. The Morgan fingerprint density at radius 1 is 1.43 bits per heavy atom. The molecule has 0 radical (unpaired) electrons. The van der Waals surface area contributed by atoms with E-state index in [-0.39, 0.29) is 17.6 Å². The lowest BCUT2D eigenvalue weighted by atomic mass is 9.99. The summed E-state index contributed by atoms with van der Waals surface area (Å²) >= 11 is 1.42. The number of carbonyl (C=O) groups excluding carboxylic acids is 1. The molecule has 21 heavy (non-hydrogen) atoms. The van der Waals surface area contributed by atoms with Crippen LogP contribution in [0.5, 0.6) is 0 Å². The van der Waals surface area contributed by atoms with Crippen LogP contribution in [0.2, 0.25) is 0 Å². The Labute approximate surface area is 128 Å². The fourth-order valence-corrected chi connectivity index (χ4v) is 2.84. The lowest BCUT2D eigenvalue weighted by Crippen LogP contribution is -2.45. The van der Waals surface area contributed by atoms with Gasteiger partial charge >= 0.3 is 5.97 Å². The topological polar surface area (TPSA) is 92.4 Å². The molecule has 1 heterocycles. The van der Waals surface area contributed by atoms with E-state index in [0.29, 0.717) is 12.2 Å². The number of carboxylic acid groups (broad SMARTS) is 1. The highest BCUT2D eigenvalue weighted by Crippen LogP contribution is 2.19. The molecular weight excluding hydrogens is 292 g/mol. The number of hydrogen-bond donors (Lipinski definition) is 2. The predicted octanol–water partition coefficient (Wildman–Crippen LogP) is 2.14. The average molecular weight is 314 g/mol. The SMILES string of the molecule is CC[C@H](C)[C@H](NC(=O)CSCc1c(C)noc1C)C(=O)O. The van der Waals surface area contributed by atoms with Gasteiger partial charge in [-0.25, -0.2) is 4.79 Å². The maximum absolute atomic E-state index is 11.8. The summed E-state index contributed by atoms with van der Waals surface area (Å²) in [6, 6.07) is -0.831. The molecule has 118 valence electrons. The quantitative estimate of drug-likeness (QED) is 0.763. The van der Waals surface area contributed by atoms with Crippen molar-refractivity contribution in [2.75, 3.05) is 5.75 Å². The Kier molecular flexibility index (Phi) is 6.74. The Hall–Kier alpha value is -1.50. The number of thioether (sulfide) groups is 1. The van der Waals surface area contributed by atoms with E-state index in [9.17, 15) is 9.59 Å². The van der Waals surface area contributed by atoms with E-state index < -0.39 is 12.0 Å². The summed E-state index contributed by atoms with van der Waals surface area (Å²) in [6.07, 6.45) is 0.698. The molecule has 0 bridgehead atoms. The maximum Gasteiger partial charge on any atom is 0.326 e. The van der Waals surface area contributed by atoms with Crippen molar-refractivity contribution in [1.29, 1.82) is 0 Å². The third-order valence-electron chi connectivity index (χ3n) is 3.46. The zero-order valence-corrected chi connectivity index (χ0v) is 13.6. The highest BCUT2D eigenvalue weighted by Gasteiger charge is 2.25. The molecule has 6 nitrogen and oxygen atoms in total. The van der Waals surface area contributed by atoms with Crippen molar-refractivity contribution < 1.29 is 19.2 Å². The number of carbonyl (C=O) groups is 2. The monoisotopic (exact) mass is 314 g/mol. The Bertz CT molecular complexity index is 482. The number of hydrogen-bond acceptors (Lipinski definition) is 5. The van der Waals surface area contributed by atoms with Crippen LogP contribution in [0.3, 0.4) is 0 Å².